The summed E-state index contributed by atoms with van der Waals surface area (Å²) in [5.74, 6) is -1.83. The number of hydrogen-bond donors (Lipinski definition) is 8. The Morgan fingerprint density at radius 2 is 1.26 bits per heavy atom. The summed E-state index contributed by atoms with van der Waals surface area (Å²) in [4.78, 5) is 40.7. The van der Waals surface area contributed by atoms with E-state index in [0.717, 1.165) is 6.42 Å². The molecule has 4 aliphatic carbocycles. The van der Waals surface area contributed by atoms with Crippen LogP contribution in [0.25, 0.3) is 0 Å². The van der Waals surface area contributed by atoms with E-state index in [0.29, 0.717) is 44.1 Å². The number of ether oxygens (including phenoxy) is 13. The lowest BCUT2D eigenvalue weighted by atomic mass is 9.43. The zero-order chi connectivity index (χ0) is 57.5. The Labute approximate surface area is 464 Å². The Morgan fingerprint density at radius 3 is 1.91 bits per heavy atom. The van der Waals surface area contributed by atoms with Gasteiger partial charge in [-0.3, -0.25) is 9.59 Å². The Bertz CT molecular complexity index is 2350. The average molecular weight is 1140 g/mol. The van der Waals surface area contributed by atoms with Crippen LogP contribution in [0.1, 0.15) is 103 Å². The number of aliphatic hydroxyl groups excluding tert-OH is 8. The molecular weight excluding hydrogens is 1060 g/mol. The van der Waals surface area contributed by atoms with E-state index in [1.54, 1.807) is 52.1 Å². The Morgan fingerprint density at radius 1 is 0.625 bits per heavy atom. The second-order valence-electron chi connectivity index (χ2n) is 24.2. The van der Waals surface area contributed by atoms with Gasteiger partial charge in [0, 0.05) is 44.8 Å². The summed E-state index contributed by atoms with van der Waals surface area (Å²) in [6.45, 7) is 9.05. The number of aliphatic hydroxyl groups is 8. The van der Waals surface area contributed by atoms with Crippen LogP contribution in [-0.2, 0) is 71.2 Å². The largest absolute Gasteiger partial charge is 0.458 e. The third kappa shape index (κ3) is 9.99. The maximum absolute atomic E-state index is 14.2. The van der Waals surface area contributed by atoms with Crippen LogP contribution < -0.4 is 0 Å². The fraction of sp³-hybridized carbons (Fsp3) is 0.839. The standard InChI is InChI=1S/C56H82O24/c1-24(59)31-16-19-56-54(31,6)48(72-27(4)60)46(76-49(67)28-12-10-9-11-13-28)47-53(5)17-15-30(20-29(53)14-18-55(47,56)80-56)73-35-21-32(68-7)42(25(2)70-35)77-52-41(66)45(69-8)43(26(3)71-52)78-51-40(65)38(63)44(34(23-58)75-51)79-50-39(64)37(62)36(61)33(22-57)74-50/h9-13,25-26,29-48,50-52,57-58,61-66H,14-23H2,1-8H3/t25-,26-,29+,30+,31-,32-,33-,34-,35+,36-,37+,38-,39-,40-,41-,42-,43-,44-,45+,46+,47-,48-,50+,51+,52+,53+,54+,55+,56-/m1/s1. The molecule has 450 valence electrons. The highest BCUT2D eigenvalue weighted by Crippen LogP contribution is 2.81. The SMILES string of the molecule is CO[C@H]1[C@@H](O)[C@H](O[C@@H]2[C@@H](C)O[C@@H](O[C@H]3CC[C@@]4(C)[C@@H](CC[C@@]56O[C@@]57CC[C@H](C(C)=O)[C@@]7(C)[C@H](OC(C)=O)[C@@H](OC(=O)c5ccccc5)[C@H]46)C3)C[C@H]2OC)O[C@H](C)[C@H]1O[C@@H]1O[C@H](CO)[C@@H](O[C@@H]2O[C@H](CO)[C@@H](O)[C@H](O)[C@H]2O)[C@H](O)[C@H]1O. The molecule has 5 heterocycles. The molecule has 24 nitrogen and oxygen atoms in total. The lowest BCUT2D eigenvalue weighted by molar-refractivity contribution is -0.384. The van der Waals surface area contributed by atoms with Crippen LogP contribution in [0, 0.1) is 28.6 Å². The summed E-state index contributed by atoms with van der Waals surface area (Å²) in [6.07, 6.45) is -22.7. The van der Waals surface area contributed by atoms with Crippen molar-refractivity contribution in [2.24, 2.45) is 28.6 Å². The number of fused-ring (bicyclic) bond motifs is 2. The maximum atomic E-state index is 14.2. The number of esters is 2. The molecular formula is C56H82O24. The minimum atomic E-state index is -1.86. The number of rotatable bonds is 16. The third-order valence-electron chi connectivity index (χ3n) is 20.0. The molecule has 29 atom stereocenters. The highest BCUT2D eigenvalue weighted by Gasteiger charge is 2.91. The van der Waals surface area contributed by atoms with Gasteiger partial charge in [-0.05, 0) is 89.2 Å². The van der Waals surface area contributed by atoms with E-state index < -0.39 is 182 Å². The van der Waals surface area contributed by atoms with Gasteiger partial charge in [-0.1, -0.05) is 32.0 Å². The first-order valence-electron chi connectivity index (χ1n) is 28.3. The third-order valence-corrected chi connectivity index (χ3v) is 20.0. The summed E-state index contributed by atoms with van der Waals surface area (Å²) < 4.78 is 81.0. The quantitative estimate of drug-likeness (QED) is 0.0610. The highest BCUT2D eigenvalue weighted by molar-refractivity contribution is 5.89. The molecule has 9 aliphatic rings. The predicted octanol–water partition coefficient (Wildman–Crippen LogP) is -0.0629. The second kappa shape index (κ2) is 23.2. The maximum Gasteiger partial charge on any atom is 0.338 e. The molecule has 0 bridgehead atoms. The highest BCUT2D eigenvalue weighted by atomic mass is 16.8. The number of carbonyl (C=O) groups excluding carboxylic acids is 3. The zero-order valence-corrected chi connectivity index (χ0v) is 46.5. The van der Waals surface area contributed by atoms with Gasteiger partial charge in [0.05, 0.1) is 43.2 Å². The van der Waals surface area contributed by atoms with Gasteiger partial charge >= 0.3 is 11.9 Å². The van der Waals surface area contributed by atoms with Crippen molar-refractivity contribution in [1.82, 2.24) is 0 Å². The predicted molar refractivity (Wildman–Crippen MR) is 269 cm³/mol. The molecule has 80 heavy (non-hydrogen) atoms. The number of hydrogen-bond acceptors (Lipinski definition) is 24. The molecule has 4 saturated carbocycles. The molecule has 10 rings (SSSR count). The van der Waals surface area contributed by atoms with Crippen molar-refractivity contribution in [2.45, 2.75) is 239 Å². The van der Waals surface area contributed by atoms with Gasteiger partial charge in [0.15, 0.2) is 25.2 Å². The average Bonchev–Trinajstić information content (AvgIpc) is 4.21. The topological polar surface area (TPSA) is 336 Å². The Hall–Kier alpha value is -2.93. The van der Waals surface area contributed by atoms with E-state index in [2.05, 4.69) is 6.92 Å². The van der Waals surface area contributed by atoms with Gasteiger partial charge < -0.3 is 102 Å². The van der Waals surface area contributed by atoms with E-state index in [4.69, 9.17) is 61.6 Å². The molecule has 24 heteroatoms. The second-order valence-corrected chi connectivity index (χ2v) is 24.2. The zero-order valence-electron chi connectivity index (χ0n) is 46.5. The molecule has 0 unspecified atom stereocenters. The van der Waals surface area contributed by atoms with Crippen molar-refractivity contribution in [2.75, 3.05) is 27.4 Å². The van der Waals surface area contributed by atoms with E-state index in [1.165, 1.54) is 14.0 Å². The van der Waals surface area contributed by atoms with Crippen LogP contribution in [0.15, 0.2) is 30.3 Å². The van der Waals surface area contributed by atoms with Crippen molar-refractivity contribution < 1.29 is 117 Å². The number of methoxy groups -OCH3 is 2. The molecule has 1 aromatic rings. The van der Waals surface area contributed by atoms with Gasteiger partial charge in [0.25, 0.3) is 0 Å². The van der Waals surface area contributed by atoms with E-state index >= 15 is 0 Å². The monoisotopic (exact) mass is 1140 g/mol. The minimum Gasteiger partial charge on any atom is -0.458 e. The van der Waals surface area contributed by atoms with Crippen LogP contribution >= 0.6 is 0 Å². The molecule has 8 N–H and O–H groups in total. The van der Waals surface area contributed by atoms with Crippen molar-refractivity contribution in [3.63, 3.8) is 0 Å². The minimum absolute atomic E-state index is 0.0157. The number of Topliss-reactive ketones (excluding diaryl/α,β-unsaturated/α-hetero) is 1. The summed E-state index contributed by atoms with van der Waals surface area (Å²) in [7, 11) is 2.87. The summed E-state index contributed by atoms with van der Waals surface area (Å²) in [5.41, 5.74) is -2.49. The van der Waals surface area contributed by atoms with Crippen molar-refractivity contribution in [1.29, 1.82) is 0 Å². The number of carbonyl (C=O) groups is 3. The van der Waals surface area contributed by atoms with Gasteiger partial charge in [-0.2, -0.15) is 0 Å². The van der Waals surface area contributed by atoms with Gasteiger partial charge in [-0.15, -0.1) is 0 Å². The van der Waals surface area contributed by atoms with E-state index in [-0.39, 0.29) is 30.1 Å². The molecule has 5 aliphatic heterocycles. The van der Waals surface area contributed by atoms with E-state index in [9.17, 15) is 55.2 Å². The first kappa shape index (κ1) is 60.2. The molecule has 2 spiro atoms. The summed E-state index contributed by atoms with van der Waals surface area (Å²) in [5, 5.41) is 85.2. The molecule has 1 aromatic carbocycles. The first-order valence-corrected chi connectivity index (χ1v) is 28.3. The van der Waals surface area contributed by atoms with Crippen molar-refractivity contribution >= 4 is 17.7 Å². The van der Waals surface area contributed by atoms with Crippen LogP contribution in [-0.4, -0.2) is 232 Å². The molecule has 0 aromatic heterocycles. The lowest BCUT2D eigenvalue weighted by Crippen LogP contribution is -2.70. The number of benzene rings is 1. The number of ketones is 1. The van der Waals surface area contributed by atoms with E-state index in [1.807, 2.05) is 13.0 Å². The lowest BCUT2D eigenvalue weighted by Gasteiger charge is -2.61. The molecule has 5 saturated heterocycles. The van der Waals surface area contributed by atoms with Crippen molar-refractivity contribution in [3.05, 3.63) is 35.9 Å². The van der Waals surface area contributed by atoms with Crippen molar-refractivity contribution in [3.8, 4) is 0 Å². The van der Waals surface area contributed by atoms with Gasteiger partial charge in [0.1, 0.15) is 102 Å². The fourth-order valence-electron chi connectivity index (χ4n) is 16.1. The van der Waals surface area contributed by atoms with Crippen LogP contribution in [0.2, 0.25) is 0 Å². The summed E-state index contributed by atoms with van der Waals surface area (Å²) in [6, 6.07) is 8.73. The van der Waals surface area contributed by atoms with Crippen LogP contribution in [0.3, 0.4) is 0 Å². The molecule has 9 fully saturated rings. The molecule has 0 amide bonds. The van der Waals surface area contributed by atoms with Crippen LogP contribution in [0.5, 0.6) is 0 Å². The van der Waals surface area contributed by atoms with Gasteiger partial charge in [0.2, 0.25) is 0 Å². The fourth-order valence-corrected chi connectivity index (χ4v) is 16.1. The van der Waals surface area contributed by atoms with Gasteiger partial charge in [-0.25, -0.2) is 4.79 Å². The smallest absolute Gasteiger partial charge is 0.338 e. The first-order chi connectivity index (χ1) is 38.0. The Kier molecular flexibility index (Phi) is 17.4. The summed E-state index contributed by atoms with van der Waals surface area (Å²) >= 11 is 0. The molecule has 0 radical (unpaired) electrons. The number of epoxide rings is 1. The normalized spacial score (nSPS) is 50.7. The Balaban J connectivity index is 0.783. The van der Waals surface area contributed by atoms with Crippen LogP contribution in [0.4, 0.5) is 0 Å².